The fourth-order valence-corrected chi connectivity index (χ4v) is 8.93. The van der Waals surface area contributed by atoms with Crippen LogP contribution >= 0.6 is 7.34 Å². The molecule has 2 N–H and O–H groups in total. The maximum Gasteiger partial charge on any atom is 0.407 e. The van der Waals surface area contributed by atoms with E-state index in [0.717, 1.165) is 5.56 Å². The van der Waals surface area contributed by atoms with Crippen molar-refractivity contribution in [2.24, 2.45) is 11.8 Å². The lowest BCUT2D eigenvalue weighted by atomic mass is 10.0. The Hall–Kier alpha value is -2.68. The highest BCUT2D eigenvalue weighted by molar-refractivity contribution is 7.89. The van der Waals surface area contributed by atoms with Gasteiger partial charge in [-0.2, -0.15) is 4.31 Å². The summed E-state index contributed by atoms with van der Waals surface area (Å²) < 4.78 is 68.3. The standard InChI is InChI=1S/C34H51N2O11PS/c1-7-45-48(6,46-8-2)23-44-27-11-9-25(10-12-27)19-30(35-34(38)47-32-22-43-33-29(32)17-18-42-33)31(37)21-36(20-24(3)4)49(39,40)28-15-13-26(41-5)14-16-28/h9-16,24,29-33,37H,6-8,17-23H2,1-5H3,(H,35,38). The molecule has 0 spiro atoms. The molecular formula is C34H51N2O11PS. The average molecular weight is 727 g/mol. The van der Waals surface area contributed by atoms with Crippen molar-refractivity contribution in [1.82, 2.24) is 9.62 Å². The number of methoxy groups -OCH3 is 1. The van der Waals surface area contributed by atoms with Gasteiger partial charge in [-0.3, -0.25) is 0 Å². The molecule has 0 aromatic heterocycles. The molecule has 0 saturated carbocycles. The second-order valence-electron chi connectivity index (χ2n) is 12.4. The summed E-state index contributed by atoms with van der Waals surface area (Å²) in [5, 5.41) is 14.4. The van der Waals surface area contributed by atoms with Crippen molar-refractivity contribution in [3.63, 3.8) is 0 Å². The summed E-state index contributed by atoms with van der Waals surface area (Å²) in [6.45, 7) is 9.07. The van der Waals surface area contributed by atoms with Crippen molar-refractivity contribution in [1.29, 1.82) is 0 Å². The highest BCUT2D eigenvalue weighted by Crippen LogP contribution is 2.47. The molecule has 2 aromatic carbocycles. The van der Waals surface area contributed by atoms with Crippen LogP contribution < -0.4 is 14.8 Å². The molecule has 0 radical (unpaired) electrons. The minimum Gasteiger partial charge on any atom is -0.497 e. The summed E-state index contributed by atoms with van der Waals surface area (Å²) in [4.78, 5) is 13.3. The molecule has 5 atom stereocenters. The number of aliphatic hydroxyl groups excluding tert-OH is 1. The third-order valence-corrected chi connectivity index (χ3v) is 12.0. The summed E-state index contributed by atoms with van der Waals surface area (Å²) >= 11 is 0. The Morgan fingerprint density at radius 1 is 1.04 bits per heavy atom. The van der Waals surface area contributed by atoms with E-state index in [-0.39, 0.29) is 49.2 Å². The number of aliphatic hydroxyl groups is 1. The van der Waals surface area contributed by atoms with E-state index in [1.807, 2.05) is 39.8 Å². The molecule has 2 aliphatic rings. The van der Waals surface area contributed by atoms with Crippen LogP contribution in [0.15, 0.2) is 53.4 Å². The summed E-state index contributed by atoms with van der Waals surface area (Å²) in [6, 6.07) is 12.4. The molecule has 13 nitrogen and oxygen atoms in total. The second kappa shape index (κ2) is 18.0. The van der Waals surface area contributed by atoms with Crippen LogP contribution in [0.5, 0.6) is 11.5 Å². The number of amides is 1. The Kier molecular flexibility index (Phi) is 14.4. The van der Waals surface area contributed by atoms with Crippen molar-refractivity contribution in [2.45, 2.75) is 70.0 Å². The van der Waals surface area contributed by atoms with E-state index < -0.39 is 48.0 Å². The first kappa shape index (κ1) is 39.1. The normalized spacial score (nSPS) is 20.6. The smallest absolute Gasteiger partial charge is 0.407 e. The van der Waals surface area contributed by atoms with Gasteiger partial charge >= 0.3 is 6.09 Å². The van der Waals surface area contributed by atoms with Crippen LogP contribution in [-0.4, -0.2) is 108 Å². The predicted molar refractivity (Wildman–Crippen MR) is 187 cm³/mol. The van der Waals surface area contributed by atoms with Crippen LogP contribution in [0.4, 0.5) is 4.79 Å². The number of hydrogen-bond donors (Lipinski definition) is 2. The van der Waals surface area contributed by atoms with Gasteiger partial charge in [-0.15, -0.1) is 0 Å². The van der Waals surface area contributed by atoms with Crippen LogP contribution in [0.3, 0.4) is 0 Å². The summed E-state index contributed by atoms with van der Waals surface area (Å²) in [6.07, 6.45) is 2.24. The molecular weight excluding hydrogens is 675 g/mol. The number of ether oxygens (including phenoxy) is 5. The first-order chi connectivity index (χ1) is 23.4. The Labute approximate surface area is 290 Å². The van der Waals surface area contributed by atoms with E-state index >= 15 is 0 Å². The van der Waals surface area contributed by atoms with E-state index in [1.54, 1.807) is 24.3 Å². The number of sulfonamides is 1. The van der Waals surface area contributed by atoms with E-state index in [4.69, 9.17) is 32.7 Å². The van der Waals surface area contributed by atoms with Gasteiger partial charge in [0, 0.05) is 13.1 Å². The summed E-state index contributed by atoms with van der Waals surface area (Å²) in [5.41, 5.74) is 0.767. The lowest BCUT2D eigenvalue weighted by Crippen LogP contribution is -2.51. The number of carbonyl (C=O) groups excluding carboxylic acids is 1. The fraction of sp³-hybridized carbons (Fsp3) is 0.588. The quantitative estimate of drug-likeness (QED) is 0.197. The van der Waals surface area contributed by atoms with E-state index in [1.165, 1.54) is 23.5 Å². The zero-order valence-electron chi connectivity index (χ0n) is 29.0. The molecule has 4 rings (SSSR count). The highest BCUT2D eigenvalue weighted by atomic mass is 32.2. The Balaban J connectivity index is 1.52. The molecule has 274 valence electrons. The maximum absolute atomic E-state index is 13.8. The van der Waals surface area contributed by atoms with Crippen molar-refractivity contribution < 1.29 is 51.1 Å². The number of nitrogens with zero attached hydrogens (tertiary/aromatic N) is 1. The Bertz CT molecular complexity index is 1480. The number of benzene rings is 2. The zero-order valence-corrected chi connectivity index (χ0v) is 30.7. The third kappa shape index (κ3) is 10.9. The number of fused-ring (bicyclic) bond motifs is 1. The Morgan fingerprint density at radius 3 is 2.31 bits per heavy atom. The van der Waals surface area contributed by atoms with Crippen LogP contribution in [-0.2, 0) is 39.7 Å². The molecule has 2 aromatic rings. The molecule has 1 amide bonds. The van der Waals surface area contributed by atoms with Crippen molar-refractivity contribution in [3.8, 4) is 11.5 Å². The minimum atomic E-state index is -4.01. The minimum absolute atomic E-state index is 0.0435. The number of alkyl carbamates (subject to hydrolysis) is 1. The highest BCUT2D eigenvalue weighted by Gasteiger charge is 2.44. The molecule has 0 aliphatic carbocycles. The predicted octanol–water partition coefficient (Wildman–Crippen LogP) is 4.49. The van der Waals surface area contributed by atoms with E-state index in [9.17, 15) is 18.3 Å². The topological polar surface area (TPSA) is 151 Å². The van der Waals surface area contributed by atoms with Gasteiger partial charge < -0.3 is 43.2 Å². The number of carbonyl (C=O) groups is 1. The monoisotopic (exact) mass is 726 g/mol. The number of nitrogens with one attached hydrogen (secondary N) is 1. The van der Waals surface area contributed by atoms with Gasteiger partial charge in [0.2, 0.25) is 10.0 Å². The van der Waals surface area contributed by atoms with Gasteiger partial charge in [-0.05, 0) is 80.9 Å². The van der Waals surface area contributed by atoms with Gasteiger partial charge in [-0.1, -0.05) is 26.0 Å². The second-order valence-corrected chi connectivity index (χ2v) is 16.8. The van der Waals surface area contributed by atoms with Gasteiger partial charge in [0.05, 0.1) is 56.5 Å². The maximum atomic E-state index is 13.8. The summed E-state index contributed by atoms with van der Waals surface area (Å²) in [5.74, 6) is 0.984. The van der Waals surface area contributed by atoms with Crippen LogP contribution in [0.2, 0.25) is 0 Å². The molecule has 15 heteroatoms. The molecule has 2 saturated heterocycles. The van der Waals surface area contributed by atoms with Crippen LogP contribution in [0, 0.1) is 11.8 Å². The average Bonchev–Trinajstić information content (AvgIpc) is 3.69. The molecule has 2 aliphatic heterocycles. The van der Waals surface area contributed by atoms with Crippen molar-refractivity contribution in [2.75, 3.05) is 53.0 Å². The fourth-order valence-electron chi connectivity index (χ4n) is 5.80. The number of rotatable bonds is 19. The molecule has 0 bridgehead atoms. The third-order valence-electron chi connectivity index (χ3n) is 8.20. The zero-order chi connectivity index (χ0) is 35.6. The molecule has 5 unspecified atom stereocenters. The largest absolute Gasteiger partial charge is 0.497 e. The van der Waals surface area contributed by atoms with Gasteiger partial charge in [0.15, 0.2) is 20.0 Å². The summed E-state index contributed by atoms with van der Waals surface area (Å²) in [7, 11) is -4.93. The SMILES string of the molecule is C=P(COc1ccc(CC(NC(=O)OC2COC3OCCC23)C(O)CN(CC(C)C)S(=O)(=O)c2ccc(OC)cc2)cc1)(OCC)OCC. The van der Waals surface area contributed by atoms with Crippen molar-refractivity contribution in [3.05, 3.63) is 54.1 Å². The van der Waals surface area contributed by atoms with Gasteiger partial charge in [0.1, 0.15) is 17.6 Å². The van der Waals surface area contributed by atoms with E-state index in [2.05, 4.69) is 11.6 Å². The molecule has 2 fully saturated rings. The van der Waals surface area contributed by atoms with Gasteiger partial charge in [0.25, 0.3) is 0 Å². The molecule has 49 heavy (non-hydrogen) atoms. The lowest BCUT2D eigenvalue weighted by Gasteiger charge is -2.31. The lowest BCUT2D eigenvalue weighted by molar-refractivity contribution is -0.0907. The first-order valence-corrected chi connectivity index (χ1v) is 20.1. The van der Waals surface area contributed by atoms with Crippen LogP contribution in [0.25, 0.3) is 0 Å². The van der Waals surface area contributed by atoms with Crippen LogP contribution in [0.1, 0.15) is 39.7 Å². The van der Waals surface area contributed by atoms with Crippen molar-refractivity contribution >= 4 is 29.8 Å². The molecule has 2 heterocycles. The van der Waals surface area contributed by atoms with E-state index in [0.29, 0.717) is 37.7 Å². The first-order valence-electron chi connectivity index (χ1n) is 16.6. The number of hydrogen-bond acceptors (Lipinski definition) is 11. The van der Waals surface area contributed by atoms with Gasteiger partial charge in [-0.25, -0.2) is 13.2 Å². The Morgan fingerprint density at radius 2 is 1.69 bits per heavy atom.